The number of nitrogens with one attached hydrogen (secondary N) is 1. The number of aryl methyl sites for hydroxylation is 1. The summed E-state index contributed by atoms with van der Waals surface area (Å²) in [6.45, 7) is 19.5. The number of unbranched alkanes of at least 4 members (excludes halogenated alkanes) is 1. The minimum absolute atomic E-state index is 0.163. The van der Waals surface area contributed by atoms with Crippen LogP contribution in [0, 0.1) is 29.6 Å². The minimum Gasteiger partial charge on any atom is -0.458 e. The Morgan fingerprint density at radius 1 is 1.11 bits per heavy atom. The van der Waals surface area contributed by atoms with E-state index in [0.29, 0.717) is 17.6 Å². The van der Waals surface area contributed by atoms with Gasteiger partial charge in [0.25, 0.3) is 0 Å². The average Bonchev–Trinajstić information content (AvgIpc) is 2.81. The van der Waals surface area contributed by atoms with Crippen molar-refractivity contribution in [2.24, 2.45) is 22.7 Å². The summed E-state index contributed by atoms with van der Waals surface area (Å²) in [7, 11) is 0. The third-order valence-corrected chi connectivity index (χ3v) is 7.87. The Kier molecular flexibility index (Phi) is 12.6. The highest BCUT2D eigenvalue weighted by molar-refractivity contribution is 6.02. The van der Waals surface area contributed by atoms with Crippen molar-refractivity contribution < 1.29 is 24.0 Å². The molecule has 1 aliphatic carbocycles. The first kappa shape index (κ1) is 32.1. The van der Waals surface area contributed by atoms with Crippen LogP contribution in [0.5, 0.6) is 5.75 Å². The molecule has 1 aromatic rings. The number of benzene rings is 1. The van der Waals surface area contributed by atoms with Crippen LogP contribution < -0.4 is 10.5 Å². The second-order valence-electron chi connectivity index (χ2n) is 11.4. The van der Waals surface area contributed by atoms with E-state index >= 15 is 0 Å². The number of carbonyl (C=O) groups is 2. The van der Waals surface area contributed by atoms with Crippen molar-refractivity contribution >= 4 is 11.8 Å². The topological polar surface area (TPSA) is 73.9 Å². The molecule has 1 fully saturated rings. The molecule has 0 saturated heterocycles. The highest BCUT2D eigenvalue weighted by Crippen LogP contribution is 2.51. The maximum atomic E-state index is 13.4. The van der Waals surface area contributed by atoms with Crippen LogP contribution in [-0.2, 0) is 19.2 Å². The summed E-state index contributed by atoms with van der Waals surface area (Å²) >= 11 is 0. The lowest BCUT2D eigenvalue weighted by Gasteiger charge is -2.50. The molecule has 1 N–H and O–H groups in total. The maximum absolute atomic E-state index is 13.4. The van der Waals surface area contributed by atoms with Crippen LogP contribution in [0.2, 0.25) is 0 Å². The first-order chi connectivity index (χ1) is 16.8. The second kappa shape index (κ2) is 14.1. The highest BCUT2D eigenvalue weighted by atomic mass is 16.9. The van der Waals surface area contributed by atoms with Crippen molar-refractivity contribution in [1.82, 2.24) is 5.64 Å². The number of rotatable bonds is 12. The quantitative estimate of drug-likeness (QED) is 0.138. The first-order valence-corrected chi connectivity index (χ1v) is 13.7. The van der Waals surface area contributed by atoms with Gasteiger partial charge in [0.2, 0.25) is 0 Å². The SMILES string of the molecule is CC.CCCCC1CC(C)CC(C)(C(C)(C)OC(=O)C(C)(CONOc2ccc(C)cc2)C(C)=O)C1. The van der Waals surface area contributed by atoms with E-state index in [2.05, 4.69) is 26.4 Å². The van der Waals surface area contributed by atoms with Crippen molar-refractivity contribution in [3.05, 3.63) is 29.8 Å². The lowest BCUT2D eigenvalue weighted by molar-refractivity contribution is -0.197. The zero-order chi connectivity index (χ0) is 27.6. The van der Waals surface area contributed by atoms with Gasteiger partial charge in [-0.15, -0.1) is 0 Å². The molecule has 0 aromatic heterocycles. The minimum atomic E-state index is -1.45. The molecule has 6 heteroatoms. The number of hydrogen-bond acceptors (Lipinski definition) is 6. The number of esters is 1. The lowest BCUT2D eigenvalue weighted by atomic mass is 9.59. The van der Waals surface area contributed by atoms with Gasteiger partial charge in [-0.2, -0.15) is 0 Å². The molecule has 0 spiro atoms. The van der Waals surface area contributed by atoms with Gasteiger partial charge in [-0.1, -0.05) is 71.6 Å². The first-order valence-electron chi connectivity index (χ1n) is 13.7. The van der Waals surface area contributed by atoms with Gasteiger partial charge in [0.15, 0.2) is 0 Å². The third-order valence-electron chi connectivity index (χ3n) is 7.87. The molecular formula is C30H51NO5. The van der Waals surface area contributed by atoms with Crippen LogP contribution in [0.3, 0.4) is 0 Å². The fraction of sp³-hybridized carbons (Fsp3) is 0.733. The molecule has 4 unspecified atom stereocenters. The number of carbonyl (C=O) groups excluding carboxylic acids is 2. The second-order valence-corrected chi connectivity index (χ2v) is 11.4. The molecule has 1 saturated carbocycles. The molecular weight excluding hydrogens is 454 g/mol. The van der Waals surface area contributed by atoms with Crippen molar-refractivity contribution in [2.45, 2.75) is 113 Å². The predicted octanol–water partition coefficient (Wildman–Crippen LogP) is 7.39. The van der Waals surface area contributed by atoms with Crippen LogP contribution in [0.25, 0.3) is 0 Å². The largest absolute Gasteiger partial charge is 0.458 e. The van der Waals surface area contributed by atoms with E-state index in [4.69, 9.17) is 14.4 Å². The van der Waals surface area contributed by atoms with Gasteiger partial charge < -0.3 is 9.57 Å². The van der Waals surface area contributed by atoms with Gasteiger partial charge >= 0.3 is 5.97 Å². The van der Waals surface area contributed by atoms with Crippen molar-refractivity contribution in [2.75, 3.05) is 6.61 Å². The van der Waals surface area contributed by atoms with Crippen molar-refractivity contribution in [3.8, 4) is 5.75 Å². The molecule has 0 amide bonds. The van der Waals surface area contributed by atoms with Gasteiger partial charge in [-0.25, -0.2) is 0 Å². The average molecular weight is 506 g/mol. The van der Waals surface area contributed by atoms with E-state index in [1.165, 1.54) is 32.6 Å². The summed E-state index contributed by atoms with van der Waals surface area (Å²) in [6.07, 6.45) is 6.88. The Bertz CT molecular complexity index is 821. The van der Waals surface area contributed by atoms with Crippen LogP contribution in [0.1, 0.15) is 106 Å². The van der Waals surface area contributed by atoms with Crippen LogP contribution in [-0.4, -0.2) is 24.0 Å². The summed E-state index contributed by atoms with van der Waals surface area (Å²) < 4.78 is 6.13. The molecule has 1 aliphatic rings. The van der Waals surface area contributed by atoms with Crippen molar-refractivity contribution in [1.29, 1.82) is 0 Å². The zero-order valence-corrected chi connectivity index (χ0v) is 24.5. The molecule has 4 atom stereocenters. The van der Waals surface area contributed by atoms with E-state index in [1.54, 1.807) is 19.1 Å². The lowest BCUT2D eigenvalue weighted by Crippen LogP contribution is -2.53. The molecule has 0 radical (unpaired) electrons. The summed E-state index contributed by atoms with van der Waals surface area (Å²) in [5.41, 5.74) is 1.18. The van der Waals surface area contributed by atoms with E-state index in [9.17, 15) is 9.59 Å². The number of ether oxygens (including phenoxy) is 1. The Hall–Kier alpha value is -1.92. The van der Waals surface area contributed by atoms with Crippen LogP contribution in [0.4, 0.5) is 0 Å². The normalized spacial score (nSPS) is 23.6. The molecule has 1 aromatic carbocycles. The molecule has 0 bridgehead atoms. The monoisotopic (exact) mass is 505 g/mol. The summed E-state index contributed by atoms with van der Waals surface area (Å²) in [4.78, 5) is 36.6. The van der Waals surface area contributed by atoms with Gasteiger partial charge in [-0.3, -0.25) is 14.4 Å². The molecule has 6 nitrogen and oxygen atoms in total. The molecule has 0 aliphatic heterocycles. The Morgan fingerprint density at radius 3 is 2.28 bits per heavy atom. The van der Waals surface area contributed by atoms with E-state index in [1.807, 2.05) is 46.8 Å². The van der Waals surface area contributed by atoms with Gasteiger partial charge in [0, 0.05) is 5.41 Å². The molecule has 2 rings (SSSR count). The van der Waals surface area contributed by atoms with Crippen molar-refractivity contribution in [3.63, 3.8) is 0 Å². The summed E-state index contributed by atoms with van der Waals surface area (Å²) in [6, 6.07) is 7.42. The highest BCUT2D eigenvalue weighted by Gasteiger charge is 2.51. The van der Waals surface area contributed by atoms with Crippen LogP contribution >= 0.6 is 0 Å². The molecule has 0 heterocycles. The number of ketones is 1. The maximum Gasteiger partial charge on any atom is 0.322 e. The van der Waals surface area contributed by atoms with Crippen LogP contribution in [0.15, 0.2) is 24.3 Å². The Morgan fingerprint density at radius 2 is 1.72 bits per heavy atom. The summed E-state index contributed by atoms with van der Waals surface area (Å²) in [5.74, 6) is 0.900. The van der Waals surface area contributed by atoms with E-state index in [0.717, 1.165) is 18.4 Å². The smallest absolute Gasteiger partial charge is 0.322 e. The van der Waals surface area contributed by atoms with E-state index in [-0.39, 0.29) is 17.8 Å². The molecule has 206 valence electrons. The predicted molar refractivity (Wildman–Crippen MR) is 145 cm³/mol. The number of hydrogen-bond donors (Lipinski definition) is 1. The third kappa shape index (κ3) is 8.58. The van der Waals surface area contributed by atoms with Gasteiger partial charge in [-0.05, 0) is 83.5 Å². The standard InChI is InChI=1S/C28H45NO5.C2H6/c1-9-10-11-23-16-21(3)17-27(7,18-23)26(5,6)33-25(31)28(8,22(4)30)19-32-29-34-24-14-12-20(2)13-15-24;1-2/h12-15,21,23,29H,9-11,16-19H2,1-8H3;1-2H3. The fourth-order valence-corrected chi connectivity index (χ4v) is 5.06. The summed E-state index contributed by atoms with van der Waals surface area (Å²) in [5, 5.41) is 0. The van der Waals surface area contributed by atoms with Gasteiger partial charge in [0.05, 0.1) is 6.61 Å². The fourth-order valence-electron chi connectivity index (χ4n) is 5.06. The Balaban J connectivity index is 0.00000316. The van der Waals surface area contributed by atoms with E-state index < -0.39 is 17.0 Å². The zero-order valence-electron chi connectivity index (χ0n) is 24.5. The Labute approximate surface area is 219 Å². The van der Waals surface area contributed by atoms with Gasteiger partial charge in [0.1, 0.15) is 22.5 Å². The number of Topliss-reactive ketones (excluding diaryl/α,β-unsaturated/α-hetero) is 1. The molecule has 36 heavy (non-hydrogen) atoms.